The zero-order valence-electron chi connectivity index (χ0n) is 11.6. The van der Waals surface area contributed by atoms with E-state index in [0.717, 1.165) is 31.9 Å². The maximum Gasteiger partial charge on any atom is 0.257 e. The van der Waals surface area contributed by atoms with E-state index in [2.05, 4.69) is 18.8 Å². The first-order chi connectivity index (χ1) is 9.09. The molecular formula is C15H21FN2O. The highest BCUT2D eigenvalue weighted by molar-refractivity contribution is 5.94. The Morgan fingerprint density at radius 3 is 2.74 bits per heavy atom. The van der Waals surface area contributed by atoms with Gasteiger partial charge in [-0.05, 0) is 24.8 Å². The zero-order valence-corrected chi connectivity index (χ0v) is 11.6. The molecule has 0 unspecified atom stereocenters. The number of nitrogens with zero attached hydrogens (tertiary/aromatic N) is 2. The normalized spacial score (nSPS) is 16.0. The van der Waals surface area contributed by atoms with Crippen LogP contribution in [-0.4, -0.2) is 28.4 Å². The van der Waals surface area contributed by atoms with Gasteiger partial charge in [0, 0.05) is 18.8 Å². The highest BCUT2D eigenvalue weighted by Gasteiger charge is 2.29. The lowest BCUT2D eigenvalue weighted by Gasteiger charge is -2.30. The summed E-state index contributed by atoms with van der Waals surface area (Å²) in [7, 11) is 0. The number of hydrogen-bond acceptors (Lipinski definition) is 2. The maximum atomic E-state index is 13.7. The van der Waals surface area contributed by atoms with Crippen molar-refractivity contribution in [1.82, 2.24) is 9.88 Å². The SMILES string of the molecule is CC(C)CN(C(=O)c1ccncc1F)C1CCCC1. The van der Waals surface area contributed by atoms with Crippen LogP contribution in [-0.2, 0) is 0 Å². The summed E-state index contributed by atoms with van der Waals surface area (Å²) >= 11 is 0. The van der Waals surface area contributed by atoms with Gasteiger partial charge < -0.3 is 4.90 Å². The van der Waals surface area contributed by atoms with Crippen molar-refractivity contribution < 1.29 is 9.18 Å². The molecule has 3 nitrogen and oxygen atoms in total. The fourth-order valence-electron chi connectivity index (χ4n) is 2.71. The largest absolute Gasteiger partial charge is 0.335 e. The van der Waals surface area contributed by atoms with Crippen LogP contribution < -0.4 is 0 Å². The number of pyridine rings is 1. The lowest BCUT2D eigenvalue weighted by Crippen LogP contribution is -2.41. The van der Waals surface area contributed by atoms with E-state index in [1.54, 1.807) is 0 Å². The van der Waals surface area contributed by atoms with Crippen molar-refractivity contribution in [3.05, 3.63) is 29.8 Å². The first-order valence-electron chi connectivity index (χ1n) is 7.00. The van der Waals surface area contributed by atoms with Gasteiger partial charge in [0.05, 0.1) is 11.8 Å². The summed E-state index contributed by atoms with van der Waals surface area (Å²) in [4.78, 5) is 18.1. The Morgan fingerprint density at radius 1 is 1.47 bits per heavy atom. The average Bonchev–Trinajstić information content (AvgIpc) is 2.89. The number of carbonyl (C=O) groups excluding carboxylic acids is 1. The number of carbonyl (C=O) groups is 1. The van der Waals surface area contributed by atoms with Gasteiger partial charge in [0.2, 0.25) is 0 Å². The van der Waals surface area contributed by atoms with Gasteiger partial charge >= 0.3 is 0 Å². The van der Waals surface area contributed by atoms with Crippen LogP contribution in [0.1, 0.15) is 49.9 Å². The molecule has 1 aliphatic rings. The molecule has 0 radical (unpaired) electrons. The third-order valence-corrected chi connectivity index (χ3v) is 3.59. The topological polar surface area (TPSA) is 33.2 Å². The number of halogens is 1. The highest BCUT2D eigenvalue weighted by atomic mass is 19.1. The van der Waals surface area contributed by atoms with Crippen molar-refractivity contribution in [2.24, 2.45) is 5.92 Å². The summed E-state index contributed by atoms with van der Waals surface area (Å²) in [5, 5.41) is 0. The van der Waals surface area contributed by atoms with Crippen LogP contribution in [0.5, 0.6) is 0 Å². The van der Waals surface area contributed by atoms with Gasteiger partial charge in [0.1, 0.15) is 0 Å². The Labute approximate surface area is 113 Å². The van der Waals surface area contributed by atoms with E-state index in [1.165, 1.54) is 12.3 Å². The minimum atomic E-state index is -0.528. The van der Waals surface area contributed by atoms with Crippen molar-refractivity contribution in [2.45, 2.75) is 45.6 Å². The smallest absolute Gasteiger partial charge is 0.257 e. The summed E-state index contributed by atoms with van der Waals surface area (Å²) in [6, 6.07) is 1.74. The van der Waals surface area contributed by atoms with E-state index in [9.17, 15) is 9.18 Å². The third kappa shape index (κ3) is 3.31. The molecule has 0 N–H and O–H groups in total. The Balaban J connectivity index is 2.22. The number of amides is 1. The van der Waals surface area contributed by atoms with Gasteiger partial charge in [-0.15, -0.1) is 0 Å². The monoisotopic (exact) mass is 264 g/mol. The molecule has 1 amide bonds. The summed E-state index contributed by atoms with van der Waals surface area (Å²) < 4.78 is 13.7. The third-order valence-electron chi connectivity index (χ3n) is 3.59. The van der Waals surface area contributed by atoms with Crippen LogP contribution >= 0.6 is 0 Å². The molecule has 0 saturated heterocycles. The van der Waals surface area contributed by atoms with Gasteiger partial charge in [-0.1, -0.05) is 26.7 Å². The molecule has 1 aromatic heterocycles. The predicted octanol–water partition coefficient (Wildman–Crippen LogP) is 3.26. The molecule has 1 aromatic rings. The second-order valence-corrected chi connectivity index (χ2v) is 5.65. The fraction of sp³-hybridized carbons (Fsp3) is 0.600. The van der Waals surface area contributed by atoms with Crippen molar-refractivity contribution in [1.29, 1.82) is 0 Å². The summed E-state index contributed by atoms with van der Waals surface area (Å²) in [5.74, 6) is -0.339. The average molecular weight is 264 g/mol. The van der Waals surface area contributed by atoms with Crippen LogP contribution in [0.2, 0.25) is 0 Å². The Hall–Kier alpha value is -1.45. The first kappa shape index (κ1) is 14.0. The Bertz CT molecular complexity index is 442. The molecule has 0 bridgehead atoms. The van der Waals surface area contributed by atoms with Crippen molar-refractivity contribution >= 4 is 5.91 Å². The van der Waals surface area contributed by atoms with E-state index in [0.29, 0.717) is 12.5 Å². The standard InChI is InChI=1S/C15H21FN2O/c1-11(2)10-18(12-5-3-4-6-12)15(19)13-7-8-17-9-14(13)16/h7-9,11-12H,3-6,10H2,1-2H3. The molecule has 1 saturated carbocycles. The fourth-order valence-corrected chi connectivity index (χ4v) is 2.71. The first-order valence-corrected chi connectivity index (χ1v) is 7.00. The minimum Gasteiger partial charge on any atom is -0.335 e. The predicted molar refractivity (Wildman–Crippen MR) is 72.3 cm³/mol. The lowest BCUT2D eigenvalue weighted by molar-refractivity contribution is 0.0650. The molecule has 0 aromatic carbocycles. The molecule has 1 heterocycles. The Kier molecular flexibility index (Phi) is 4.51. The number of rotatable bonds is 4. The lowest BCUT2D eigenvalue weighted by atomic mass is 10.1. The molecule has 19 heavy (non-hydrogen) atoms. The van der Waals surface area contributed by atoms with E-state index in [-0.39, 0.29) is 17.5 Å². The van der Waals surface area contributed by atoms with Gasteiger partial charge in [0.25, 0.3) is 5.91 Å². The molecule has 0 aliphatic heterocycles. The molecule has 0 atom stereocenters. The van der Waals surface area contributed by atoms with Gasteiger partial charge in [0.15, 0.2) is 5.82 Å². The number of hydrogen-bond donors (Lipinski definition) is 0. The Morgan fingerprint density at radius 2 is 2.16 bits per heavy atom. The highest BCUT2D eigenvalue weighted by Crippen LogP contribution is 2.26. The van der Waals surface area contributed by atoms with E-state index >= 15 is 0 Å². The van der Waals surface area contributed by atoms with Crippen LogP contribution in [0.15, 0.2) is 18.5 Å². The van der Waals surface area contributed by atoms with Gasteiger partial charge in [-0.25, -0.2) is 4.39 Å². The summed E-state index contributed by atoms with van der Waals surface area (Å²) in [5.41, 5.74) is 0.141. The second-order valence-electron chi connectivity index (χ2n) is 5.65. The van der Waals surface area contributed by atoms with E-state index < -0.39 is 5.82 Å². The van der Waals surface area contributed by atoms with Crippen molar-refractivity contribution in [3.63, 3.8) is 0 Å². The minimum absolute atomic E-state index is 0.141. The summed E-state index contributed by atoms with van der Waals surface area (Å²) in [6.45, 7) is 4.85. The maximum absolute atomic E-state index is 13.7. The zero-order chi connectivity index (χ0) is 13.8. The molecule has 0 spiro atoms. The van der Waals surface area contributed by atoms with E-state index in [1.807, 2.05) is 4.90 Å². The van der Waals surface area contributed by atoms with Crippen LogP contribution in [0.25, 0.3) is 0 Å². The summed E-state index contributed by atoms with van der Waals surface area (Å²) in [6.07, 6.45) is 6.96. The molecule has 104 valence electrons. The molecule has 4 heteroatoms. The number of aromatic nitrogens is 1. The van der Waals surface area contributed by atoms with Crippen molar-refractivity contribution in [3.8, 4) is 0 Å². The second kappa shape index (κ2) is 6.13. The van der Waals surface area contributed by atoms with Crippen LogP contribution in [0, 0.1) is 11.7 Å². The van der Waals surface area contributed by atoms with Crippen LogP contribution in [0.4, 0.5) is 4.39 Å². The quantitative estimate of drug-likeness (QED) is 0.836. The van der Waals surface area contributed by atoms with E-state index in [4.69, 9.17) is 0 Å². The molecule has 2 rings (SSSR count). The molecule has 1 aliphatic carbocycles. The van der Waals surface area contributed by atoms with Crippen molar-refractivity contribution in [2.75, 3.05) is 6.54 Å². The molecular weight excluding hydrogens is 243 g/mol. The van der Waals surface area contributed by atoms with Gasteiger partial charge in [-0.2, -0.15) is 0 Å². The molecule has 1 fully saturated rings. The van der Waals surface area contributed by atoms with Gasteiger partial charge in [-0.3, -0.25) is 9.78 Å². The van der Waals surface area contributed by atoms with Crippen LogP contribution in [0.3, 0.4) is 0 Å².